The quantitative estimate of drug-likeness (QED) is 0.474. The maximum atomic E-state index is 12.6. The Kier molecular flexibility index (Phi) is 4.83. The van der Waals surface area contributed by atoms with Crippen molar-refractivity contribution in [2.24, 2.45) is 0 Å². The van der Waals surface area contributed by atoms with Crippen LogP contribution in [0.4, 0.5) is 5.69 Å². The molecule has 0 saturated heterocycles. The van der Waals surface area contributed by atoms with Gasteiger partial charge in [0.15, 0.2) is 0 Å². The molecule has 1 fully saturated rings. The summed E-state index contributed by atoms with van der Waals surface area (Å²) < 4.78 is 0. The number of carbonyl (C=O) groups excluding carboxylic acids is 1. The fraction of sp³-hybridized carbons (Fsp3) is 0.462. The molecule has 0 aromatic heterocycles. The minimum Gasteiger partial charge on any atom is -0.334 e. The van der Waals surface area contributed by atoms with Gasteiger partial charge >= 0.3 is 0 Å². The van der Waals surface area contributed by atoms with Crippen LogP contribution in [0.3, 0.4) is 0 Å². The maximum absolute atomic E-state index is 12.6. The monoisotopic (exact) mass is 316 g/mol. The molecular formula is C13H14Cl2N2O3. The Morgan fingerprint density at radius 2 is 2.15 bits per heavy atom. The number of hydrogen-bond donors (Lipinski definition) is 0. The van der Waals surface area contributed by atoms with Gasteiger partial charge in [-0.25, -0.2) is 0 Å². The maximum Gasteiger partial charge on any atom is 0.283 e. The molecule has 0 radical (unpaired) electrons. The van der Waals surface area contributed by atoms with E-state index in [1.54, 1.807) is 4.90 Å². The van der Waals surface area contributed by atoms with E-state index in [0.717, 1.165) is 19.3 Å². The highest BCUT2D eigenvalue weighted by atomic mass is 35.5. The van der Waals surface area contributed by atoms with Crippen molar-refractivity contribution in [2.75, 3.05) is 12.4 Å². The van der Waals surface area contributed by atoms with Crippen LogP contribution in [0.15, 0.2) is 18.2 Å². The zero-order valence-electron chi connectivity index (χ0n) is 10.7. The van der Waals surface area contributed by atoms with Crippen LogP contribution in [0.2, 0.25) is 5.02 Å². The first-order chi connectivity index (χ1) is 9.56. The van der Waals surface area contributed by atoms with Crippen LogP contribution in [0.5, 0.6) is 0 Å². The Balaban J connectivity index is 2.37. The summed E-state index contributed by atoms with van der Waals surface area (Å²) >= 11 is 11.7. The van der Waals surface area contributed by atoms with Crippen molar-refractivity contribution in [3.8, 4) is 0 Å². The highest BCUT2D eigenvalue weighted by Gasteiger charge is 2.33. The van der Waals surface area contributed by atoms with E-state index < -0.39 is 10.8 Å². The lowest BCUT2D eigenvalue weighted by molar-refractivity contribution is -0.385. The molecule has 7 heteroatoms. The molecule has 5 nitrogen and oxygen atoms in total. The van der Waals surface area contributed by atoms with Crippen molar-refractivity contribution in [1.82, 2.24) is 4.90 Å². The van der Waals surface area contributed by atoms with Gasteiger partial charge in [0.2, 0.25) is 0 Å². The number of alkyl halides is 1. The van der Waals surface area contributed by atoms with Gasteiger partial charge in [-0.1, -0.05) is 17.7 Å². The lowest BCUT2D eigenvalue weighted by Crippen LogP contribution is -2.45. The first-order valence-electron chi connectivity index (χ1n) is 6.36. The van der Waals surface area contributed by atoms with E-state index in [-0.39, 0.29) is 22.3 Å². The highest BCUT2D eigenvalue weighted by molar-refractivity contribution is 6.34. The van der Waals surface area contributed by atoms with E-state index in [4.69, 9.17) is 23.2 Å². The van der Waals surface area contributed by atoms with Crippen LogP contribution < -0.4 is 0 Å². The zero-order chi connectivity index (χ0) is 14.7. The Morgan fingerprint density at radius 3 is 2.65 bits per heavy atom. The van der Waals surface area contributed by atoms with Crippen LogP contribution in [-0.2, 0) is 0 Å². The summed E-state index contributed by atoms with van der Waals surface area (Å²) in [5.74, 6) is -0.117. The number of carbonyl (C=O) groups is 1. The molecule has 1 saturated carbocycles. The van der Waals surface area contributed by atoms with Crippen LogP contribution in [0, 0.1) is 10.1 Å². The normalized spacial score (nSPS) is 14.7. The summed E-state index contributed by atoms with van der Waals surface area (Å²) in [6.07, 6.45) is 2.86. The Morgan fingerprint density at radius 1 is 1.45 bits per heavy atom. The topological polar surface area (TPSA) is 63.4 Å². The summed E-state index contributed by atoms with van der Waals surface area (Å²) in [6, 6.07) is 4.35. The standard InChI is InChI=1S/C13H14Cl2N2O3/c14-7-8-16(9-3-1-4-9)13(18)12-10(15)5-2-6-11(12)17(19)20/h2,5-6,9H,1,3-4,7-8H2. The smallest absolute Gasteiger partial charge is 0.283 e. The van der Waals surface area contributed by atoms with Gasteiger partial charge in [-0.2, -0.15) is 0 Å². The van der Waals surface area contributed by atoms with Gasteiger partial charge < -0.3 is 4.90 Å². The first-order valence-corrected chi connectivity index (χ1v) is 7.27. The molecule has 0 N–H and O–H groups in total. The minimum absolute atomic E-state index is 0.0452. The summed E-state index contributed by atoms with van der Waals surface area (Å²) in [5, 5.41) is 11.2. The molecule has 0 spiro atoms. The van der Waals surface area contributed by atoms with Crippen molar-refractivity contribution in [3.63, 3.8) is 0 Å². The molecule has 0 bridgehead atoms. The molecule has 1 amide bonds. The minimum atomic E-state index is -0.585. The Bertz CT molecular complexity index is 532. The number of benzene rings is 1. The summed E-state index contributed by atoms with van der Waals surface area (Å²) in [4.78, 5) is 24.7. The third kappa shape index (κ3) is 2.88. The number of rotatable bonds is 5. The lowest BCUT2D eigenvalue weighted by Gasteiger charge is -2.37. The number of hydrogen-bond acceptors (Lipinski definition) is 3. The van der Waals surface area contributed by atoms with Gasteiger partial charge in [0, 0.05) is 24.5 Å². The molecule has 2 rings (SSSR count). The molecule has 0 unspecified atom stereocenters. The van der Waals surface area contributed by atoms with Gasteiger partial charge in [-0.05, 0) is 25.3 Å². The molecule has 108 valence electrons. The SMILES string of the molecule is O=C(c1c(Cl)cccc1[N+](=O)[O-])N(CCCl)C1CCC1. The lowest BCUT2D eigenvalue weighted by atomic mass is 9.91. The molecule has 0 aliphatic heterocycles. The van der Waals surface area contributed by atoms with E-state index >= 15 is 0 Å². The predicted molar refractivity (Wildman–Crippen MR) is 77.5 cm³/mol. The van der Waals surface area contributed by atoms with E-state index in [1.807, 2.05) is 0 Å². The average Bonchev–Trinajstić information content (AvgIpc) is 2.35. The van der Waals surface area contributed by atoms with Crippen molar-refractivity contribution in [2.45, 2.75) is 25.3 Å². The van der Waals surface area contributed by atoms with E-state index in [9.17, 15) is 14.9 Å². The number of amides is 1. The van der Waals surface area contributed by atoms with E-state index in [2.05, 4.69) is 0 Å². The molecule has 1 aromatic carbocycles. The number of halogens is 2. The molecule has 1 aromatic rings. The average molecular weight is 317 g/mol. The summed E-state index contributed by atoms with van der Waals surface area (Å²) in [7, 11) is 0. The molecule has 1 aliphatic rings. The van der Waals surface area contributed by atoms with Crippen molar-refractivity contribution >= 4 is 34.8 Å². The number of nitro groups is 1. The number of nitro benzene ring substituents is 1. The second-order valence-electron chi connectivity index (χ2n) is 4.66. The number of nitrogens with zero attached hydrogens (tertiary/aromatic N) is 2. The molecule has 0 heterocycles. The van der Waals surface area contributed by atoms with Crippen LogP contribution in [0.25, 0.3) is 0 Å². The van der Waals surface area contributed by atoms with Crippen molar-refractivity contribution in [1.29, 1.82) is 0 Å². The third-order valence-electron chi connectivity index (χ3n) is 3.50. The van der Waals surface area contributed by atoms with Crippen LogP contribution >= 0.6 is 23.2 Å². The molecule has 20 heavy (non-hydrogen) atoms. The van der Waals surface area contributed by atoms with Gasteiger partial charge in [-0.15, -0.1) is 11.6 Å². The fourth-order valence-electron chi connectivity index (χ4n) is 2.26. The first kappa shape index (κ1) is 15.1. The van der Waals surface area contributed by atoms with Gasteiger partial charge in [-0.3, -0.25) is 14.9 Å². The van der Waals surface area contributed by atoms with Gasteiger partial charge in [0.25, 0.3) is 11.6 Å². The summed E-state index contributed by atoms with van der Waals surface area (Å²) in [6.45, 7) is 0.368. The third-order valence-corrected chi connectivity index (χ3v) is 3.99. The Labute approximate surface area is 126 Å². The molecular weight excluding hydrogens is 303 g/mol. The second-order valence-corrected chi connectivity index (χ2v) is 5.45. The predicted octanol–water partition coefficient (Wildman–Crippen LogP) is 3.48. The second kappa shape index (κ2) is 6.41. The van der Waals surface area contributed by atoms with Crippen LogP contribution in [0.1, 0.15) is 29.6 Å². The Hall–Kier alpha value is -1.33. The molecule has 0 atom stereocenters. The summed E-state index contributed by atoms with van der Waals surface area (Å²) in [5.41, 5.74) is -0.308. The highest BCUT2D eigenvalue weighted by Crippen LogP contribution is 2.31. The van der Waals surface area contributed by atoms with Gasteiger partial charge in [0.05, 0.1) is 9.95 Å². The van der Waals surface area contributed by atoms with Crippen LogP contribution in [-0.4, -0.2) is 34.2 Å². The van der Waals surface area contributed by atoms with E-state index in [1.165, 1.54) is 18.2 Å². The molecule has 1 aliphatic carbocycles. The van der Waals surface area contributed by atoms with Gasteiger partial charge in [0.1, 0.15) is 5.56 Å². The zero-order valence-corrected chi connectivity index (χ0v) is 12.2. The largest absolute Gasteiger partial charge is 0.334 e. The van der Waals surface area contributed by atoms with Crippen molar-refractivity contribution < 1.29 is 9.72 Å². The van der Waals surface area contributed by atoms with Crippen molar-refractivity contribution in [3.05, 3.63) is 38.9 Å². The fourth-order valence-corrected chi connectivity index (χ4v) is 2.69. The van der Waals surface area contributed by atoms with E-state index in [0.29, 0.717) is 12.4 Å².